The van der Waals surface area contributed by atoms with Crippen molar-refractivity contribution >= 4 is 11.6 Å². The highest BCUT2D eigenvalue weighted by atomic mass is 16.6. The molecule has 26 heavy (non-hydrogen) atoms. The molecule has 7 atom stereocenters. The Balaban J connectivity index is 1.63. The quantitative estimate of drug-likeness (QED) is 0.909. The molecule has 0 radical (unpaired) electrons. The lowest BCUT2D eigenvalue weighted by Crippen LogP contribution is -2.49. The molecule has 1 N–H and O–H groups in total. The van der Waals surface area contributed by atoms with Gasteiger partial charge in [0.05, 0.1) is 18.1 Å². The Morgan fingerprint density at radius 3 is 2.58 bits per heavy atom. The number of para-hydroxylation sites is 1. The summed E-state index contributed by atoms with van der Waals surface area (Å²) in [4.78, 5) is 15.5. The molecule has 4 nitrogen and oxygen atoms in total. The Morgan fingerprint density at radius 1 is 1.08 bits per heavy atom. The maximum absolute atomic E-state index is 13.6. The Labute approximate surface area is 152 Å². The smallest absolute Gasteiger partial charge is 0.233 e. The zero-order chi connectivity index (χ0) is 17.6. The minimum Gasteiger partial charge on any atom is -0.390 e. The number of amides is 1. The van der Waals surface area contributed by atoms with Crippen LogP contribution < -0.4 is 4.90 Å². The summed E-state index contributed by atoms with van der Waals surface area (Å²) in [7, 11) is 0. The summed E-state index contributed by atoms with van der Waals surface area (Å²) >= 11 is 0. The Hall–Kier alpha value is -2.17. The molecule has 2 saturated heterocycles. The Bertz CT molecular complexity index is 913. The molecule has 7 unspecified atom stereocenters. The van der Waals surface area contributed by atoms with Gasteiger partial charge in [0.2, 0.25) is 5.91 Å². The van der Waals surface area contributed by atoms with Gasteiger partial charge in [-0.15, -0.1) is 0 Å². The van der Waals surface area contributed by atoms with E-state index in [1.165, 1.54) is 0 Å². The topological polar surface area (TPSA) is 49.8 Å². The third kappa shape index (κ3) is 1.49. The number of nitrogens with zero attached hydrogens (tertiary/aromatic N) is 1. The van der Waals surface area contributed by atoms with Gasteiger partial charge >= 0.3 is 0 Å². The SMILES string of the molecule is Cc1ccccc1N1C(=O)C2C3CC4C(OC1(c1ccccc1)C42)C3O. The van der Waals surface area contributed by atoms with Crippen molar-refractivity contribution in [2.75, 3.05) is 4.90 Å². The van der Waals surface area contributed by atoms with Gasteiger partial charge in [-0.2, -0.15) is 0 Å². The molecule has 1 amide bonds. The molecule has 132 valence electrons. The molecule has 4 heteroatoms. The number of aliphatic hydroxyl groups excluding tert-OH is 1. The molecule has 0 spiro atoms. The van der Waals surface area contributed by atoms with E-state index >= 15 is 0 Å². The van der Waals surface area contributed by atoms with Crippen LogP contribution in [0.2, 0.25) is 0 Å². The first-order chi connectivity index (χ1) is 12.6. The van der Waals surface area contributed by atoms with Crippen LogP contribution in [0.3, 0.4) is 0 Å². The number of benzene rings is 2. The van der Waals surface area contributed by atoms with E-state index in [1.807, 2.05) is 54.3 Å². The maximum Gasteiger partial charge on any atom is 0.233 e. The van der Waals surface area contributed by atoms with E-state index in [-0.39, 0.29) is 35.7 Å². The predicted octanol–water partition coefficient (Wildman–Crippen LogP) is 2.84. The number of anilines is 1. The lowest BCUT2D eigenvalue weighted by molar-refractivity contribution is -0.133. The second-order valence-corrected chi connectivity index (χ2v) is 8.21. The van der Waals surface area contributed by atoms with Gasteiger partial charge in [-0.1, -0.05) is 48.5 Å². The zero-order valence-corrected chi connectivity index (χ0v) is 14.6. The molecule has 2 aliphatic heterocycles. The summed E-state index contributed by atoms with van der Waals surface area (Å²) in [6.07, 6.45) is 0.221. The van der Waals surface area contributed by atoms with Gasteiger partial charge in [-0.3, -0.25) is 9.69 Å². The lowest BCUT2D eigenvalue weighted by atomic mass is 9.75. The van der Waals surface area contributed by atoms with Crippen molar-refractivity contribution in [3.8, 4) is 0 Å². The largest absolute Gasteiger partial charge is 0.390 e. The normalized spacial score (nSPS) is 42.1. The van der Waals surface area contributed by atoms with Gasteiger partial charge in [0.15, 0.2) is 5.72 Å². The molecule has 2 heterocycles. The summed E-state index contributed by atoms with van der Waals surface area (Å²) in [5, 5.41) is 10.7. The minimum atomic E-state index is -0.795. The van der Waals surface area contributed by atoms with Crippen LogP contribution in [0.5, 0.6) is 0 Å². The summed E-state index contributed by atoms with van der Waals surface area (Å²) in [6, 6.07) is 18.1. The number of hydrogen-bond acceptors (Lipinski definition) is 3. The molecule has 2 saturated carbocycles. The monoisotopic (exact) mass is 347 g/mol. The Kier molecular flexibility index (Phi) is 2.73. The summed E-state index contributed by atoms with van der Waals surface area (Å²) in [5.74, 6) is 0.377. The van der Waals surface area contributed by atoms with Gasteiger partial charge in [-0.05, 0) is 36.8 Å². The highest BCUT2D eigenvalue weighted by Gasteiger charge is 2.79. The second kappa shape index (κ2) is 4.76. The Morgan fingerprint density at radius 2 is 1.81 bits per heavy atom. The fourth-order valence-corrected chi connectivity index (χ4v) is 6.33. The van der Waals surface area contributed by atoms with E-state index in [0.29, 0.717) is 0 Å². The molecular weight excluding hydrogens is 326 g/mol. The highest BCUT2D eigenvalue weighted by Crippen LogP contribution is 2.70. The van der Waals surface area contributed by atoms with Crippen molar-refractivity contribution in [2.45, 2.75) is 31.3 Å². The number of ether oxygens (including phenoxy) is 1. The van der Waals surface area contributed by atoms with E-state index < -0.39 is 11.8 Å². The predicted molar refractivity (Wildman–Crippen MR) is 96.2 cm³/mol. The maximum atomic E-state index is 13.6. The van der Waals surface area contributed by atoms with Crippen molar-refractivity contribution < 1.29 is 14.6 Å². The van der Waals surface area contributed by atoms with Crippen molar-refractivity contribution in [1.29, 1.82) is 0 Å². The number of aryl methyl sites for hydroxylation is 1. The highest BCUT2D eigenvalue weighted by molar-refractivity contribution is 6.01. The van der Waals surface area contributed by atoms with Gasteiger partial charge in [0.25, 0.3) is 0 Å². The van der Waals surface area contributed by atoms with Crippen molar-refractivity contribution in [3.05, 3.63) is 65.7 Å². The molecular formula is C22H21NO3. The van der Waals surface area contributed by atoms with Crippen LogP contribution in [0.15, 0.2) is 54.6 Å². The molecule has 6 rings (SSSR count). The first-order valence-corrected chi connectivity index (χ1v) is 9.45. The minimum absolute atomic E-state index is 0.0297. The first kappa shape index (κ1) is 14.9. The molecule has 2 aromatic rings. The van der Waals surface area contributed by atoms with Crippen LogP contribution in [0.1, 0.15) is 17.5 Å². The molecule has 2 aliphatic carbocycles. The van der Waals surface area contributed by atoms with Crippen molar-refractivity contribution in [3.63, 3.8) is 0 Å². The van der Waals surface area contributed by atoms with Crippen molar-refractivity contribution in [1.82, 2.24) is 0 Å². The van der Waals surface area contributed by atoms with E-state index in [1.54, 1.807) is 0 Å². The van der Waals surface area contributed by atoms with Crippen LogP contribution >= 0.6 is 0 Å². The van der Waals surface area contributed by atoms with Gasteiger partial charge in [0.1, 0.15) is 0 Å². The second-order valence-electron chi connectivity index (χ2n) is 8.21. The number of fused-ring (bicyclic) bond motifs is 2. The average molecular weight is 347 g/mol. The number of carbonyl (C=O) groups excluding carboxylic acids is 1. The fourth-order valence-electron chi connectivity index (χ4n) is 6.33. The van der Waals surface area contributed by atoms with Crippen LogP contribution in [0.25, 0.3) is 0 Å². The van der Waals surface area contributed by atoms with Crippen LogP contribution in [0, 0.1) is 30.6 Å². The molecule has 0 aromatic heterocycles. The van der Waals surface area contributed by atoms with E-state index in [0.717, 1.165) is 23.2 Å². The summed E-state index contributed by atoms with van der Waals surface area (Å²) < 4.78 is 6.66. The number of carbonyl (C=O) groups is 1. The van der Waals surface area contributed by atoms with E-state index in [9.17, 15) is 9.90 Å². The van der Waals surface area contributed by atoms with E-state index in [4.69, 9.17) is 4.74 Å². The molecule has 2 bridgehead atoms. The summed E-state index contributed by atoms with van der Waals surface area (Å²) in [5.41, 5.74) is 2.21. The van der Waals surface area contributed by atoms with Crippen LogP contribution in [-0.2, 0) is 15.3 Å². The number of aliphatic hydroxyl groups is 1. The fraction of sp³-hybridized carbons (Fsp3) is 0.409. The third-order valence-electron chi connectivity index (χ3n) is 7.20. The molecule has 2 aromatic carbocycles. The van der Waals surface area contributed by atoms with Crippen molar-refractivity contribution in [2.24, 2.45) is 23.7 Å². The lowest BCUT2D eigenvalue weighted by Gasteiger charge is -2.40. The number of rotatable bonds is 2. The van der Waals surface area contributed by atoms with E-state index in [2.05, 4.69) is 12.1 Å². The van der Waals surface area contributed by atoms with Gasteiger partial charge < -0.3 is 9.84 Å². The third-order valence-corrected chi connectivity index (χ3v) is 7.20. The van der Waals surface area contributed by atoms with Gasteiger partial charge in [0, 0.05) is 17.2 Å². The summed E-state index contributed by atoms with van der Waals surface area (Å²) in [6.45, 7) is 2.04. The molecule has 4 fully saturated rings. The first-order valence-electron chi connectivity index (χ1n) is 9.45. The van der Waals surface area contributed by atoms with Gasteiger partial charge in [-0.25, -0.2) is 0 Å². The number of hydrogen-bond donors (Lipinski definition) is 1. The van der Waals surface area contributed by atoms with Crippen LogP contribution in [0.4, 0.5) is 5.69 Å². The average Bonchev–Trinajstić information content (AvgIpc) is 3.33. The standard InChI is InChI=1S/C22H21NO3/c1-12-7-5-6-10-16(12)23-21(25)17-14-11-15-18(17)22(23,26-20(15)19(14)24)13-8-3-2-4-9-13/h2-10,14-15,17-20,24H,11H2,1H3. The molecule has 4 aliphatic rings. The van der Waals surface area contributed by atoms with Crippen LogP contribution in [-0.4, -0.2) is 23.2 Å². The zero-order valence-electron chi connectivity index (χ0n) is 14.6.